The van der Waals surface area contributed by atoms with Crippen LogP contribution < -0.4 is 11.3 Å². The fourth-order valence-corrected chi connectivity index (χ4v) is 4.13. The number of rotatable bonds is 3. The number of hydrogen-bond acceptors (Lipinski definition) is 7. The van der Waals surface area contributed by atoms with E-state index in [1.807, 2.05) is 0 Å². The topological polar surface area (TPSA) is 118 Å². The predicted octanol–water partition coefficient (Wildman–Crippen LogP) is 4.56. The molecule has 30 heavy (non-hydrogen) atoms. The van der Waals surface area contributed by atoms with Crippen LogP contribution in [-0.4, -0.2) is 16.0 Å². The summed E-state index contributed by atoms with van der Waals surface area (Å²) in [6.45, 7) is 1.14. The van der Waals surface area contributed by atoms with Crippen LogP contribution >= 0.6 is 31.9 Å². The molecule has 0 aliphatic heterocycles. The molecule has 0 saturated heterocycles. The average Bonchev–Trinajstić information content (AvgIpc) is 2.68. The van der Waals surface area contributed by atoms with Crippen LogP contribution in [0.3, 0.4) is 0 Å². The summed E-state index contributed by atoms with van der Waals surface area (Å²) < 4.78 is 11.7. The monoisotopic (exact) mass is 534 g/mol. The number of halogens is 2. The first kappa shape index (κ1) is 20.4. The Balaban J connectivity index is 2.10. The number of carbonyl (C=O) groups is 1. The summed E-state index contributed by atoms with van der Waals surface area (Å²) in [5, 5.41) is 22.0. The molecule has 4 rings (SSSR count). The molecule has 2 N–H and O–H groups in total. The molecule has 2 aromatic carbocycles. The van der Waals surface area contributed by atoms with E-state index in [4.69, 9.17) is 8.83 Å². The molecular weight excluding hydrogens is 524 g/mol. The molecule has 0 fully saturated rings. The lowest BCUT2D eigenvalue weighted by atomic mass is 9.87. The molecule has 9 heteroatoms. The molecule has 0 amide bonds. The van der Waals surface area contributed by atoms with Crippen LogP contribution in [-0.2, 0) is 4.79 Å². The molecule has 0 radical (unpaired) electrons. The zero-order valence-electron chi connectivity index (χ0n) is 15.2. The highest BCUT2D eigenvalue weighted by Gasteiger charge is 2.34. The first-order valence-electron chi connectivity index (χ1n) is 8.60. The molecule has 0 aliphatic rings. The average molecular weight is 536 g/mol. The second kappa shape index (κ2) is 7.41. The number of benzene rings is 2. The summed E-state index contributed by atoms with van der Waals surface area (Å²) in [6.07, 6.45) is 0. The first-order valence-corrected chi connectivity index (χ1v) is 10.2. The second-order valence-corrected chi connectivity index (χ2v) is 8.46. The molecule has 4 aromatic rings. The van der Waals surface area contributed by atoms with E-state index in [1.54, 1.807) is 12.1 Å². The Morgan fingerprint density at radius 1 is 0.833 bits per heavy atom. The van der Waals surface area contributed by atoms with Gasteiger partial charge in [-0.1, -0.05) is 31.9 Å². The van der Waals surface area contributed by atoms with Crippen LogP contribution in [0.25, 0.3) is 21.9 Å². The first-order chi connectivity index (χ1) is 14.2. The second-order valence-electron chi connectivity index (χ2n) is 6.63. The maximum Gasteiger partial charge on any atom is 0.344 e. The Morgan fingerprint density at radius 3 is 1.60 bits per heavy atom. The molecule has 152 valence electrons. The van der Waals surface area contributed by atoms with Gasteiger partial charge in [0, 0.05) is 8.95 Å². The van der Waals surface area contributed by atoms with Gasteiger partial charge in [0.2, 0.25) is 0 Å². The normalized spacial score (nSPS) is 11.5. The van der Waals surface area contributed by atoms with Crippen molar-refractivity contribution in [3.05, 3.63) is 77.3 Å². The standard InChI is InChI=1S/C21H12Br2O7/c1-8(24)15(16-18(25)11-6-9(22)2-4-13(11)29-20(16)27)17-19(26)12-7-10(23)3-5-14(12)30-21(17)28/h2-7,15,25-26H,1H3. The van der Waals surface area contributed by atoms with Gasteiger partial charge in [-0.05, 0) is 43.3 Å². The van der Waals surface area contributed by atoms with Crippen LogP contribution in [0, 0.1) is 0 Å². The smallest absolute Gasteiger partial charge is 0.344 e. The number of Topliss-reactive ketones (excluding diaryl/α,β-unsaturated/α-hetero) is 1. The third-order valence-electron chi connectivity index (χ3n) is 4.73. The Hall–Kier alpha value is -2.91. The van der Waals surface area contributed by atoms with E-state index in [2.05, 4.69) is 31.9 Å². The van der Waals surface area contributed by atoms with E-state index < -0.39 is 45.6 Å². The van der Waals surface area contributed by atoms with Gasteiger partial charge in [0.25, 0.3) is 0 Å². The van der Waals surface area contributed by atoms with Gasteiger partial charge in [0.1, 0.15) is 28.4 Å². The van der Waals surface area contributed by atoms with Crippen LogP contribution in [0.5, 0.6) is 11.5 Å². The largest absolute Gasteiger partial charge is 0.507 e. The molecule has 0 bridgehead atoms. The van der Waals surface area contributed by atoms with Crippen molar-refractivity contribution in [3.63, 3.8) is 0 Å². The van der Waals surface area contributed by atoms with Gasteiger partial charge in [0.05, 0.1) is 27.8 Å². The number of hydrogen-bond donors (Lipinski definition) is 2. The number of aromatic hydroxyl groups is 2. The molecule has 0 spiro atoms. The lowest BCUT2D eigenvalue weighted by Crippen LogP contribution is -2.24. The van der Waals surface area contributed by atoms with Crippen LogP contribution in [0.2, 0.25) is 0 Å². The summed E-state index contributed by atoms with van der Waals surface area (Å²) in [4.78, 5) is 37.9. The van der Waals surface area contributed by atoms with Gasteiger partial charge >= 0.3 is 11.3 Å². The molecule has 2 aromatic heterocycles. The Kier molecular flexibility index (Phi) is 5.03. The van der Waals surface area contributed by atoms with E-state index in [1.165, 1.54) is 24.3 Å². The van der Waals surface area contributed by atoms with Gasteiger partial charge in [-0.3, -0.25) is 4.79 Å². The van der Waals surface area contributed by atoms with E-state index >= 15 is 0 Å². The third-order valence-corrected chi connectivity index (χ3v) is 5.72. The lowest BCUT2D eigenvalue weighted by molar-refractivity contribution is -0.117. The summed E-state index contributed by atoms with van der Waals surface area (Å²) in [5.41, 5.74) is -2.71. The zero-order chi connectivity index (χ0) is 21.7. The highest BCUT2D eigenvalue weighted by molar-refractivity contribution is 9.10. The van der Waals surface area contributed by atoms with Gasteiger partial charge < -0.3 is 19.0 Å². The Morgan fingerprint density at radius 2 is 1.23 bits per heavy atom. The maximum atomic E-state index is 12.7. The summed E-state index contributed by atoms with van der Waals surface area (Å²) >= 11 is 6.54. The molecular formula is C21H12Br2O7. The van der Waals surface area contributed by atoms with Gasteiger partial charge in [-0.15, -0.1) is 0 Å². The fraction of sp³-hybridized carbons (Fsp3) is 0.0952. The van der Waals surface area contributed by atoms with Crippen molar-refractivity contribution >= 4 is 59.6 Å². The minimum atomic E-state index is -1.59. The van der Waals surface area contributed by atoms with Gasteiger partial charge in [-0.2, -0.15) is 0 Å². The lowest BCUT2D eigenvalue weighted by Gasteiger charge is -2.16. The number of ketones is 1. The molecule has 0 aliphatic carbocycles. The van der Waals surface area contributed by atoms with E-state index in [0.29, 0.717) is 8.95 Å². The quantitative estimate of drug-likeness (QED) is 0.369. The van der Waals surface area contributed by atoms with Crippen molar-refractivity contribution < 1.29 is 23.8 Å². The molecule has 0 saturated carbocycles. The fourth-order valence-electron chi connectivity index (χ4n) is 3.41. The van der Waals surface area contributed by atoms with Crippen LogP contribution in [0.4, 0.5) is 0 Å². The van der Waals surface area contributed by atoms with Crippen LogP contribution in [0.1, 0.15) is 24.0 Å². The molecule has 0 unspecified atom stereocenters. The van der Waals surface area contributed by atoms with E-state index in [9.17, 15) is 24.6 Å². The highest BCUT2D eigenvalue weighted by Crippen LogP contribution is 2.39. The molecule has 0 atom stereocenters. The SMILES string of the molecule is CC(=O)C(c1c(O)c2cc(Br)ccc2oc1=O)c1c(O)c2cc(Br)ccc2oc1=O. The number of carbonyl (C=O) groups excluding carboxylic acids is 1. The van der Waals surface area contributed by atoms with Gasteiger partial charge in [-0.25, -0.2) is 9.59 Å². The van der Waals surface area contributed by atoms with Crippen molar-refractivity contribution in [1.29, 1.82) is 0 Å². The minimum absolute atomic E-state index is 0.102. The zero-order valence-corrected chi connectivity index (χ0v) is 18.4. The Labute approximate surface area is 184 Å². The number of fused-ring (bicyclic) bond motifs is 2. The molecule has 7 nitrogen and oxygen atoms in total. The third kappa shape index (κ3) is 3.23. The van der Waals surface area contributed by atoms with Crippen LogP contribution in [0.15, 0.2) is 63.8 Å². The van der Waals surface area contributed by atoms with Crippen molar-refractivity contribution in [2.75, 3.05) is 0 Å². The minimum Gasteiger partial charge on any atom is -0.507 e. The summed E-state index contributed by atoms with van der Waals surface area (Å²) in [5.74, 6) is -3.29. The maximum absolute atomic E-state index is 12.7. The summed E-state index contributed by atoms with van der Waals surface area (Å²) in [6, 6.07) is 9.21. The van der Waals surface area contributed by atoms with Crippen molar-refractivity contribution in [3.8, 4) is 11.5 Å². The molecule has 2 heterocycles. The van der Waals surface area contributed by atoms with E-state index in [0.717, 1.165) is 6.92 Å². The summed E-state index contributed by atoms with van der Waals surface area (Å²) in [7, 11) is 0. The predicted molar refractivity (Wildman–Crippen MR) is 116 cm³/mol. The van der Waals surface area contributed by atoms with Gasteiger partial charge in [0.15, 0.2) is 0 Å². The highest BCUT2D eigenvalue weighted by atomic mass is 79.9. The van der Waals surface area contributed by atoms with Crippen molar-refractivity contribution in [1.82, 2.24) is 0 Å². The Bertz CT molecular complexity index is 1360. The van der Waals surface area contributed by atoms with Crippen molar-refractivity contribution in [2.24, 2.45) is 0 Å². The van der Waals surface area contributed by atoms with E-state index in [-0.39, 0.29) is 21.9 Å². The van der Waals surface area contributed by atoms with Crippen molar-refractivity contribution in [2.45, 2.75) is 12.8 Å².